The average molecular weight is 399 g/mol. The molecule has 30 heavy (non-hydrogen) atoms. The van der Waals surface area contributed by atoms with E-state index in [1.807, 2.05) is 61.6 Å². The van der Waals surface area contributed by atoms with Crippen molar-refractivity contribution in [1.82, 2.24) is 19.7 Å². The summed E-state index contributed by atoms with van der Waals surface area (Å²) in [6.45, 7) is 0. The zero-order valence-corrected chi connectivity index (χ0v) is 16.0. The van der Waals surface area contributed by atoms with E-state index in [9.17, 15) is 4.79 Å². The van der Waals surface area contributed by atoms with Crippen molar-refractivity contribution in [3.05, 3.63) is 78.1 Å². The van der Waals surface area contributed by atoms with Crippen LogP contribution >= 0.6 is 0 Å². The standard InChI is InChI=1S/C21H17N7O2/c1-28-12-11-22-18(28)20-26-27-21(30-20)25-17-19(29)23-15-10-6-5-9-14(15)16(24-17)13-7-3-2-4-8-13/h2-12,17H,1H3,(H,23,29)(H,25,27). The number of hydrogen-bond acceptors (Lipinski definition) is 7. The van der Waals surface area contributed by atoms with Gasteiger partial charge < -0.3 is 19.6 Å². The Morgan fingerprint density at radius 1 is 1.07 bits per heavy atom. The molecule has 4 aromatic rings. The summed E-state index contributed by atoms with van der Waals surface area (Å²) in [5, 5.41) is 13.8. The first kappa shape index (κ1) is 17.8. The Labute approximate surface area is 171 Å². The second kappa shape index (κ2) is 7.28. The number of anilines is 2. The summed E-state index contributed by atoms with van der Waals surface area (Å²) in [6.07, 6.45) is 2.46. The van der Waals surface area contributed by atoms with E-state index in [1.54, 1.807) is 17.0 Å². The maximum Gasteiger partial charge on any atom is 0.317 e. The van der Waals surface area contributed by atoms with Gasteiger partial charge in [0.05, 0.1) is 11.4 Å². The first-order valence-corrected chi connectivity index (χ1v) is 9.30. The predicted molar refractivity (Wildman–Crippen MR) is 111 cm³/mol. The smallest absolute Gasteiger partial charge is 0.317 e. The molecule has 9 heteroatoms. The summed E-state index contributed by atoms with van der Waals surface area (Å²) >= 11 is 0. The lowest BCUT2D eigenvalue weighted by Gasteiger charge is -2.11. The Kier molecular flexibility index (Phi) is 4.32. The zero-order chi connectivity index (χ0) is 20.5. The summed E-state index contributed by atoms with van der Waals surface area (Å²) in [6, 6.07) is 17.3. The monoisotopic (exact) mass is 399 g/mol. The second-order valence-corrected chi connectivity index (χ2v) is 6.70. The highest BCUT2D eigenvalue weighted by atomic mass is 16.4. The molecule has 0 radical (unpaired) electrons. The number of imidazole rings is 1. The molecular formula is C21H17N7O2. The third-order valence-electron chi connectivity index (χ3n) is 4.69. The summed E-state index contributed by atoms with van der Waals surface area (Å²) in [4.78, 5) is 21.7. The van der Waals surface area contributed by atoms with Gasteiger partial charge in [-0.1, -0.05) is 53.6 Å². The number of aromatic nitrogens is 4. The Bertz CT molecular complexity index is 1240. The summed E-state index contributed by atoms with van der Waals surface area (Å²) < 4.78 is 7.41. The average Bonchev–Trinajstić information content (AvgIpc) is 3.37. The molecule has 2 aromatic carbocycles. The minimum absolute atomic E-state index is 0.0790. The van der Waals surface area contributed by atoms with E-state index < -0.39 is 6.17 Å². The number of carbonyl (C=O) groups excluding carboxylic acids is 1. The molecule has 0 spiro atoms. The Balaban J connectivity index is 1.52. The number of benzene rings is 2. The van der Waals surface area contributed by atoms with E-state index in [4.69, 9.17) is 9.41 Å². The molecule has 0 saturated carbocycles. The number of para-hydroxylation sites is 1. The van der Waals surface area contributed by atoms with Crippen molar-refractivity contribution >= 4 is 23.3 Å². The number of nitrogens with zero attached hydrogens (tertiary/aromatic N) is 5. The van der Waals surface area contributed by atoms with Crippen LogP contribution < -0.4 is 10.6 Å². The molecule has 1 amide bonds. The van der Waals surface area contributed by atoms with Gasteiger partial charge in [-0.15, -0.1) is 5.10 Å². The van der Waals surface area contributed by atoms with Gasteiger partial charge in [0.2, 0.25) is 6.17 Å². The van der Waals surface area contributed by atoms with Crippen LogP contribution in [0.1, 0.15) is 11.1 Å². The number of hydrogen-bond donors (Lipinski definition) is 2. The van der Waals surface area contributed by atoms with E-state index in [-0.39, 0.29) is 17.8 Å². The van der Waals surface area contributed by atoms with Crippen LogP contribution in [0.4, 0.5) is 11.7 Å². The molecule has 2 N–H and O–H groups in total. The lowest BCUT2D eigenvalue weighted by Crippen LogP contribution is -2.32. The maximum atomic E-state index is 12.9. The van der Waals surface area contributed by atoms with Crippen molar-refractivity contribution in [2.24, 2.45) is 12.0 Å². The van der Waals surface area contributed by atoms with Crippen molar-refractivity contribution in [3.63, 3.8) is 0 Å². The van der Waals surface area contributed by atoms with Crippen LogP contribution in [0.5, 0.6) is 0 Å². The van der Waals surface area contributed by atoms with Gasteiger partial charge >= 0.3 is 6.01 Å². The number of benzodiazepines with no additional fused rings is 1. The quantitative estimate of drug-likeness (QED) is 0.546. The highest BCUT2D eigenvalue weighted by Crippen LogP contribution is 2.25. The van der Waals surface area contributed by atoms with Crippen LogP contribution in [0.25, 0.3) is 11.7 Å². The molecule has 1 atom stereocenters. The molecule has 9 nitrogen and oxygen atoms in total. The summed E-state index contributed by atoms with van der Waals surface area (Å²) in [5.41, 5.74) is 3.10. The Morgan fingerprint density at radius 3 is 2.67 bits per heavy atom. The van der Waals surface area contributed by atoms with Gasteiger partial charge in [0, 0.05) is 30.6 Å². The van der Waals surface area contributed by atoms with Crippen LogP contribution in [0.2, 0.25) is 0 Å². The van der Waals surface area contributed by atoms with Crippen molar-refractivity contribution in [3.8, 4) is 11.7 Å². The topological polar surface area (TPSA) is 110 Å². The normalized spacial score (nSPS) is 15.7. The van der Waals surface area contributed by atoms with Crippen LogP contribution in [-0.4, -0.2) is 37.5 Å². The van der Waals surface area contributed by atoms with E-state index in [0.717, 1.165) is 11.1 Å². The van der Waals surface area contributed by atoms with Gasteiger partial charge in [-0.2, -0.15) is 0 Å². The molecule has 1 aliphatic heterocycles. The third-order valence-corrected chi connectivity index (χ3v) is 4.69. The number of aryl methyl sites for hydroxylation is 1. The van der Waals surface area contributed by atoms with Crippen LogP contribution in [0.15, 0.2) is 76.4 Å². The number of aliphatic imine (C=N–C) groups is 1. The molecule has 0 fully saturated rings. The molecule has 0 bridgehead atoms. The number of carbonyl (C=O) groups is 1. The highest BCUT2D eigenvalue weighted by molar-refractivity contribution is 6.19. The minimum Gasteiger partial charge on any atom is -0.400 e. The highest BCUT2D eigenvalue weighted by Gasteiger charge is 2.27. The van der Waals surface area contributed by atoms with Gasteiger partial charge in [-0.05, 0) is 6.07 Å². The number of amides is 1. The van der Waals surface area contributed by atoms with Crippen LogP contribution in [-0.2, 0) is 11.8 Å². The Hall–Kier alpha value is -4.27. The number of fused-ring (bicyclic) bond motifs is 1. The first-order valence-electron chi connectivity index (χ1n) is 9.30. The first-order chi connectivity index (χ1) is 14.7. The van der Waals surface area contributed by atoms with Gasteiger partial charge in [-0.3, -0.25) is 4.79 Å². The Morgan fingerprint density at radius 2 is 1.87 bits per heavy atom. The summed E-state index contributed by atoms with van der Waals surface area (Å²) in [7, 11) is 1.83. The number of rotatable bonds is 4. The van der Waals surface area contributed by atoms with E-state index in [1.165, 1.54) is 0 Å². The molecule has 0 saturated heterocycles. The van der Waals surface area contributed by atoms with E-state index >= 15 is 0 Å². The van der Waals surface area contributed by atoms with E-state index in [0.29, 0.717) is 17.2 Å². The van der Waals surface area contributed by atoms with Gasteiger partial charge in [0.15, 0.2) is 5.82 Å². The van der Waals surface area contributed by atoms with Gasteiger partial charge in [0.1, 0.15) is 0 Å². The minimum atomic E-state index is -0.956. The zero-order valence-electron chi connectivity index (χ0n) is 16.0. The van der Waals surface area contributed by atoms with Crippen LogP contribution in [0.3, 0.4) is 0 Å². The molecule has 1 unspecified atom stereocenters. The molecule has 1 aliphatic rings. The second-order valence-electron chi connectivity index (χ2n) is 6.70. The lowest BCUT2D eigenvalue weighted by molar-refractivity contribution is -0.116. The molecule has 0 aliphatic carbocycles. The fourth-order valence-electron chi connectivity index (χ4n) is 3.24. The van der Waals surface area contributed by atoms with Gasteiger partial charge in [-0.25, -0.2) is 9.98 Å². The lowest BCUT2D eigenvalue weighted by atomic mass is 10.0. The van der Waals surface area contributed by atoms with Crippen molar-refractivity contribution in [2.45, 2.75) is 6.17 Å². The number of nitrogens with one attached hydrogen (secondary N) is 2. The molecule has 3 heterocycles. The molecule has 2 aromatic heterocycles. The summed E-state index contributed by atoms with van der Waals surface area (Å²) in [5.74, 6) is 0.446. The van der Waals surface area contributed by atoms with Crippen LogP contribution in [0, 0.1) is 0 Å². The van der Waals surface area contributed by atoms with Crippen molar-refractivity contribution < 1.29 is 9.21 Å². The molecule has 5 rings (SSSR count). The maximum absolute atomic E-state index is 12.9. The molecule has 148 valence electrons. The van der Waals surface area contributed by atoms with Gasteiger partial charge in [0.25, 0.3) is 11.8 Å². The van der Waals surface area contributed by atoms with E-state index in [2.05, 4.69) is 25.8 Å². The third kappa shape index (κ3) is 3.22. The fraction of sp³-hybridized carbons (Fsp3) is 0.0952. The van der Waals surface area contributed by atoms with Crippen molar-refractivity contribution in [2.75, 3.05) is 10.6 Å². The fourth-order valence-corrected chi connectivity index (χ4v) is 3.24. The van der Waals surface area contributed by atoms with Crippen molar-refractivity contribution in [1.29, 1.82) is 0 Å². The molecular weight excluding hydrogens is 382 g/mol. The largest absolute Gasteiger partial charge is 0.400 e. The SMILES string of the molecule is Cn1ccnc1-c1nnc(NC2N=C(c3ccccc3)c3ccccc3NC2=O)o1. The predicted octanol–water partition coefficient (Wildman–Crippen LogP) is 2.70.